The van der Waals surface area contributed by atoms with E-state index in [-0.39, 0.29) is 24.5 Å². The maximum absolute atomic E-state index is 12.5. The molecule has 3 heterocycles. The average Bonchev–Trinajstić information content (AvgIpc) is 3.36. The van der Waals surface area contributed by atoms with Crippen LogP contribution >= 0.6 is 12.2 Å². The van der Waals surface area contributed by atoms with Gasteiger partial charge in [0.1, 0.15) is 0 Å². The normalized spacial score (nSPS) is 17.3. The molecule has 0 bridgehead atoms. The molecule has 1 aliphatic heterocycles. The molecule has 1 aliphatic rings. The van der Waals surface area contributed by atoms with E-state index in [1.165, 1.54) is 14.2 Å². The molecular weight excluding hydrogens is 464 g/mol. The van der Waals surface area contributed by atoms with Gasteiger partial charge in [-0.2, -0.15) is 0 Å². The molecule has 1 fully saturated rings. The average molecular weight is 493 g/mol. The van der Waals surface area contributed by atoms with E-state index in [2.05, 4.69) is 20.9 Å². The monoisotopic (exact) mass is 492 g/mol. The maximum Gasteiger partial charge on any atom is 0.339 e. The van der Waals surface area contributed by atoms with Gasteiger partial charge in [0.15, 0.2) is 5.11 Å². The van der Waals surface area contributed by atoms with Crippen molar-refractivity contribution in [1.82, 2.24) is 19.8 Å². The van der Waals surface area contributed by atoms with Crippen molar-refractivity contribution >= 4 is 29.3 Å². The first-order valence-electron chi connectivity index (χ1n) is 11.3. The first-order valence-corrected chi connectivity index (χ1v) is 11.7. The Kier molecular flexibility index (Phi) is 7.16. The van der Waals surface area contributed by atoms with Crippen molar-refractivity contribution in [2.24, 2.45) is 0 Å². The molecule has 35 heavy (non-hydrogen) atoms. The number of nitrogens with one attached hydrogen (secondary N) is 1. The number of carbonyl (C=O) groups is 2. The Morgan fingerprint density at radius 3 is 2.51 bits per heavy atom. The summed E-state index contributed by atoms with van der Waals surface area (Å²) in [5.74, 6) is -0.699. The van der Waals surface area contributed by atoms with Gasteiger partial charge in [0.2, 0.25) is 0 Å². The van der Waals surface area contributed by atoms with Crippen LogP contribution in [0.3, 0.4) is 0 Å². The van der Waals surface area contributed by atoms with Crippen LogP contribution in [0.1, 0.15) is 51.5 Å². The molecule has 2 aromatic heterocycles. The number of carbonyl (C=O) groups excluding carboxylic acids is 2. The SMILES string of the molecule is COC(=O)CCN1C(=S)N[C@H](c2ccccn2)[C@@H]1c1cc(C)n(-c2ccccc2C(=O)OC)c1C. The van der Waals surface area contributed by atoms with E-state index >= 15 is 0 Å². The molecule has 0 spiro atoms. The second-order valence-electron chi connectivity index (χ2n) is 8.32. The van der Waals surface area contributed by atoms with Crippen molar-refractivity contribution in [2.75, 3.05) is 20.8 Å². The molecule has 8 nitrogen and oxygen atoms in total. The fraction of sp³-hybridized carbons (Fsp3) is 0.308. The highest BCUT2D eigenvalue weighted by Crippen LogP contribution is 2.41. The van der Waals surface area contributed by atoms with Gasteiger partial charge in [-0.1, -0.05) is 18.2 Å². The summed E-state index contributed by atoms with van der Waals surface area (Å²) in [5, 5.41) is 3.95. The second-order valence-corrected chi connectivity index (χ2v) is 8.70. The predicted molar refractivity (Wildman–Crippen MR) is 135 cm³/mol. The second kappa shape index (κ2) is 10.3. The number of esters is 2. The smallest absolute Gasteiger partial charge is 0.339 e. The number of hydrogen-bond donors (Lipinski definition) is 1. The predicted octanol–water partition coefficient (Wildman–Crippen LogP) is 3.81. The van der Waals surface area contributed by atoms with E-state index in [1.807, 2.05) is 55.1 Å². The van der Waals surface area contributed by atoms with Crippen LogP contribution in [0.15, 0.2) is 54.7 Å². The highest BCUT2D eigenvalue weighted by Gasteiger charge is 2.41. The maximum atomic E-state index is 12.5. The van der Waals surface area contributed by atoms with Gasteiger partial charge in [0, 0.05) is 24.1 Å². The summed E-state index contributed by atoms with van der Waals surface area (Å²) >= 11 is 5.70. The van der Waals surface area contributed by atoms with Gasteiger partial charge in [-0.15, -0.1) is 0 Å². The number of methoxy groups -OCH3 is 2. The van der Waals surface area contributed by atoms with Crippen LogP contribution in [-0.2, 0) is 14.3 Å². The largest absolute Gasteiger partial charge is 0.469 e. The first kappa shape index (κ1) is 24.4. The van der Waals surface area contributed by atoms with Crippen molar-refractivity contribution in [3.8, 4) is 5.69 Å². The Morgan fingerprint density at radius 2 is 1.83 bits per heavy atom. The zero-order chi connectivity index (χ0) is 25.1. The van der Waals surface area contributed by atoms with Crippen LogP contribution in [-0.4, -0.2) is 52.3 Å². The number of pyridine rings is 1. The first-order chi connectivity index (χ1) is 16.9. The minimum Gasteiger partial charge on any atom is -0.469 e. The van der Waals surface area contributed by atoms with Crippen LogP contribution in [0.25, 0.3) is 5.69 Å². The molecule has 1 aromatic carbocycles. The molecule has 4 rings (SSSR count). The zero-order valence-electron chi connectivity index (χ0n) is 20.1. The third kappa shape index (κ3) is 4.64. The number of benzene rings is 1. The topological polar surface area (TPSA) is 85.7 Å². The lowest BCUT2D eigenvalue weighted by atomic mass is 9.96. The summed E-state index contributed by atoms with van der Waals surface area (Å²) in [6.45, 7) is 4.42. The summed E-state index contributed by atoms with van der Waals surface area (Å²) < 4.78 is 11.9. The van der Waals surface area contributed by atoms with Crippen LogP contribution in [0.5, 0.6) is 0 Å². The number of ether oxygens (including phenoxy) is 2. The molecular formula is C26H28N4O4S. The summed E-state index contributed by atoms with van der Waals surface area (Å²) in [6.07, 6.45) is 1.96. The van der Waals surface area contributed by atoms with Crippen molar-refractivity contribution in [2.45, 2.75) is 32.4 Å². The standard InChI is InChI=1S/C26H28N4O4S/c1-16-15-19(17(2)30(16)21-11-6-5-9-18(21)25(32)34-4)24-23(20-10-7-8-13-27-20)28-26(35)29(24)14-12-22(31)33-3/h5-11,13,15,23-24H,12,14H2,1-4H3,(H,28,35)/t23-,24+/m1/s1. The summed E-state index contributed by atoms with van der Waals surface area (Å²) in [6, 6.07) is 14.8. The highest BCUT2D eigenvalue weighted by molar-refractivity contribution is 7.80. The van der Waals surface area contributed by atoms with Crippen molar-refractivity contribution in [1.29, 1.82) is 0 Å². The molecule has 182 valence electrons. The van der Waals surface area contributed by atoms with E-state index in [4.69, 9.17) is 21.7 Å². The van der Waals surface area contributed by atoms with Crippen LogP contribution < -0.4 is 5.32 Å². The Labute approximate surface area is 209 Å². The fourth-order valence-corrected chi connectivity index (χ4v) is 5.04. The molecule has 2 atom stereocenters. The minimum absolute atomic E-state index is 0.202. The number of aromatic nitrogens is 2. The van der Waals surface area contributed by atoms with Gasteiger partial charge >= 0.3 is 11.9 Å². The number of rotatable bonds is 7. The summed E-state index contributed by atoms with van der Waals surface area (Å²) in [5.41, 5.74) is 5.01. The quantitative estimate of drug-likeness (QED) is 0.394. The minimum atomic E-state index is -0.399. The fourth-order valence-electron chi connectivity index (χ4n) is 4.71. The van der Waals surface area contributed by atoms with Crippen LogP contribution in [0.2, 0.25) is 0 Å². The number of para-hydroxylation sites is 1. The van der Waals surface area contributed by atoms with Crippen molar-refractivity contribution < 1.29 is 19.1 Å². The summed E-state index contributed by atoms with van der Waals surface area (Å²) in [7, 11) is 2.76. The van der Waals surface area contributed by atoms with Gasteiger partial charge in [-0.25, -0.2) is 4.79 Å². The van der Waals surface area contributed by atoms with Crippen LogP contribution in [0, 0.1) is 13.8 Å². The molecule has 0 saturated carbocycles. The van der Waals surface area contributed by atoms with Crippen molar-refractivity contribution in [3.63, 3.8) is 0 Å². The van der Waals surface area contributed by atoms with E-state index in [0.29, 0.717) is 17.2 Å². The summed E-state index contributed by atoms with van der Waals surface area (Å²) in [4.78, 5) is 31.0. The van der Waals surface area contributed by atoms with E-state index in [1.54, 1.807) is 12.3 Å². The Bertz CT molecular complexity index is 1260. The molecule has 3 aromatic rings. The molecule has 1 N–H and O–H groups in total. The van der Waals surface area contributed by atoms with Gasteiger partial charge in [0.25, 0.3) is 0 Å². The van der Waals surface area contributed by atoms with Gasteiger partial charge in [-0.05, 0) is 62.0 Å². The number of thiocarbonyl (C=S) groups is 1. The van der Waals surface area contributed by atoms with Crippen LogP contribution in [0.4, 0.5) is 0 Å². The van der Waals surface area contributed by atoms with Gasteiger partial charge in [-0.3, -0.25) is 9.78 Å². The molecule has 0 unspecified atom stereocenters. The number of aryl methyl sites for hydroxylation is 1. The Morgan fingerprint density at radius 1 is 1.09 bits per heavy atom. The van der Waals surface area contributed by atoms with E-state index in [9.17, 15) is 9.59 Å². The Balaban J connectivity index is 1.83. The number of nitrogens with zero attached hydrogens (tertiary/aromatic N) is 3. The molecule has 1 saturated heterocycles. The lowest BCUT2D eigenvalue weighted by molar-refractivity contribution is -0.140. The zero-order valence-corrected chi connectivity index (χ0v) is 21.0. The van der Waals surface area contributed by atoms with E-state index < -0.39 is 5.97 Å². The number of hydrogen-bond acceptors (Lipinski definition) is 6. The molecule has 9 heteroatoms. The van der Waals surface area contributed by atoms with Gasteiger partial charge in [0.05, 0.1) is 49.7 Å². The van der Waals surface area contributed by atoms with Gasteiger partial charge < -0.3 is 24.3 Å². The van der Waals surface area contributed by atoms with Crippen molar-refractivity contribution in [3.05, 3.63) is 82.9 Å². The lowest BCUT2D eigenvalue weighted by Crippen LogP contribution is -2.32. The lowest BCUT2D eigenvalue weighted by Gasteiger charge is -2.28. The third-order valence-electron chi connectivity index (χ3n) is 6.32. The van der Waals surface area contributed by atoms with E-state index in [0.717, 1.165) is 28.3 Å². The molecule has 0 amide bonds. The molecule has 0 radical (unpaired) electrons. The third-order valence-corrected chi connectivity index (χ3v) is 6.67. The highest BCUT2D eigenvalue weighted by atomic mass is 32.1. The Hall–Kier alpha value is -3.72. The molecule has 0 aliphatic carbocycles.